The van der Waals surface area contributed by atoms with Crippen LogP contribution in [0.2, 0.25) is 0 Å². The van der Waals surface area contributed by atoms with E-state index in [4.69, 9.17) is 4.74 Å². The van der Waals surface area contributed by atoms with Crippen molar-refractivity contribution >= 4 is 28.4 Å². The van der Waals surface area contributed by atoms with Crippen LogP contribution < -0.4 is 15.4 Å². The molecule has 4 rings (SSSR count). The summed E-state index contributed by atoms with van der Waals surface area (Å²) >= 11 is 0. The van der Waals surface area contributed by atoms with Crippen molar-refractivity contribution in [3.05, 3.63) is 48.9 Å². The van der Waals surface area contributed by atoms with Gasteiger partial charge >= 0.3 is 0 Å². The molecule has 0 saturated heterocycles. The summed E-state index contributed by atoms with van der Waals surface area (Å²) in [5.41, 5.74) is 3.40. The molecular weight excluding hydrogens is 330 g/mol. The van der Waals surface area contributed by atoms with Gasteiger partial charge in [-0.05, 0) is 30.3 Å². The Bertz CT molecular complexity index is 1060. The van der Waals surface area contributed by atoms with Crippen LogP contribution in [0.5, 0.6) is 5.75 Å². The molecule has 0 radical (unpaired) electrons. The molecule has 130 valence electrons. The van der Waals surface area contributed by atoms with E-state index in [2.05, 4.69) is 35.8 Å². The number of pyridine rings is 1. The molecule has 8 nitrogen and oxygen atoms in total. The molecule has 0 unspecified atom stereocenters. The van der Waals surface area contributed by atoms with Crippen LogP contribution in [0.25, 0.3) is 22.2 Å². The SMILES string of the molecule is CNc1ccnc(Nc2ccc(OC)c(-c3cc4[nH]ncc4cn3)c2)n1. The van der Waals surface area contributed by atoms with Crippen LogP contribution in [0.3, 0.4) is 0 Å². The molecule has 8 heteroatoms. The van der Waals surface area contributed by atoms with Gasteiger partial charge in [0, 0.05) is 36.1 Å². The molecule has 0 aliphatic heterocycles. The third kappa shape index (κ3) is 3.00. The molecule has 3 heterocycles. The predicted molar refractivity (Wildman–Crippen MR) is 101 cm³/mol. The number of rotatable bonds is 5. The number of benzene rings is 1. The van der Waals surface area contributed by atoms with Gasteiger partial charge < -0.3 is 15.4 Å². The molecule has 0 amide bonds. The first kappa shape index (κ1) is 15.8. The van der Waals surface area contributed by atoms with Crippen molar-refractivity contribution in [2.24, 2.45) is 0 Å². The highest BCUT2D eigenvalue weighted by Gasteiger charge is 2.11. The number of hydrogen-bond acceptors (Lipinski definition) is 7. The van der Waals surface area contributed by atoms with Crippen molar-refractivity contribution < 1.29 is 4.74 Å². The van der Waals surface area contributed by atoms with E-state index in [1.54, 1.807) is 31.8 Å². The second-order valence-electron chi connectivity index (χ2n) is 5.58. The van der Waals surface area contributed by atoms with Gasteiger partial charge in [-0.3, -0.25) is 10.1 Å². The van der Waals surface area contributed by atoms with E-state index in [1.807, 2.05) is 31.3 Å². The number of aromatic nitrogens is 5. The van der Waals surface area contributed by atoms with Crippen LogP contribution in [-0.2, 0) is 0 Å². The van der Waals surface area contributed by atoms with E-state index in [1.165, 1.54) is 0 Å². The van der Waals surface area contributed by atoms with Gasteiger partial charge in [0.1, 0.15) is 11.6 Å². The molecular formula is C18H17N7O. The zero-order valence-electron chi connectivity index (χ0n) is 14.3. The van der Waals surface area contributed by atoms with Gasteiger partial charge in [0.15, 0.2) is 0 Å². The van der Waals surface area contributed by atoms with Crippen molar-refractivity contribution in [2.45, 2.75) is 0 Å². The van der Waals surface area contributed by atoms with Gasteiger partial charge in [-0.15, -0.1) is 0 Å². The van der Waals surface area contributed by atoms with Crippen molar-refractivity contribution in [3.63, 3.8) is 0 Å². The fourth-order valence-corrected chi connectivity index (χ4v) is 2.66. The summed E-state index contributed by atoms with van der Waals surface area (Å²) in [5, 5.41) is 14.2. The van der Waals surface area contributed by atoms with Crippen LogP contribution in [0.15, 0.2) is 48.9 Å². The quantitative estimate of drug-likeness (QED) is 0.509. The van der Waals surface area contributed by atoms with E-state index in [0.717, 1.165) is 39.4 Å². The number of aromatic amines is 1. The van der Waals surface area contributed by atoms with Crippen LogP contribution in [-0.4, -0.2) is 39.3 Å². The lowest BCUT2D eigenvalue weighted by Gasteiger charge is -2.12. The molecule has 3 N–H and O–H groups in total. The molecule has 0 atom stereocenters. The summed E-state index contributed by atoms with van der Waals surface area (Å²) in [4.78, 5) is 13.1. The van der Waals surface area contributed by atoms with Crippen molar-refractivity contribution in [2.75, 3.05) is 24.8 Å². The smallest absolute Gasteiger partial charge is 0.229 e. The van der Waals surface area contributed by atoms with E-state index < -0.39 is 0 Å². The fourth-order valence-electron chi connectivity index (χ4n) is 2.66. The lowest BCUT2D eigenvalue weighted by atomic mass is 10.1. The first-order valence-corrected chi connectivity index (χ1v) is 8.02. The molecule has 0 aliphatic carbocycles. The Morgan fingerprint density at radius 3 is 2.85 bits per heavy atom. The number of ether oxygens (including phenoxy) is 1. The Morgan fingerprint density at radius 1 is 1.08 bits per heavy atom. The maximum Gasteiger partial charge on any atom is 0.229 e. The molecule has 0 spiro atoms. The minimum absolute atomic E-state index is 0.505. The summed E-state index contributed by atoms with van der Waals surface area (Å²) in [7, 11) is 3.45. The molecule has 0 saturated carbocycles. The Kier molecular flexibility index (Phi) is 4.06. The largest absolute Gasteiger partial charge is 0.496 e. The Hall–Kier alpha value is -3.68. The molecule has 0 bridgehead atoms. The normalized spacial score (nSPS) is 10.7. The van der Waals surface area contributed by atoms with Gasteiger partial charge in [-0.2, -0.15) is 10.1 Å². The lowest BCUT2D eigenvalue weighted by molar-refractivity contribution is 0.416. The summed E-state index contributed by atoms with van der Waals surface area (Å²) in [5.74, 6) is 1.97. The van der Waals surface area contributed by atoms with Crippen LogP contribution in [0.4, 0.5) is 17.5 Å². The highest BCUT2D eigenvalue weighted by molar-refractivity contribution is 5.83. The maximum atomic E-state index is 5.50. The predicted octanol–water partition coefficient (Wildman–Crippen LogP) is 3.21. The summed E-state index contributed by atoms with van der Waals surface area (Å²) in [6.07, 6.45) is 5.22. The molecule has 0 fully saturated rings. The Labute approximate surface area is 149 Å². The van der Waals surface area contributed by atoms with Gasteiger partial charge in [0.05, 0.1) is 24.5 Å². The number of nitrogens with zero attached hydrogens (tertiary/aromatic N) is 4. The topological polar surface area (TPSA) is 101 Å². The average molecular weight is 347 g/mol. The summed E-state index contributed by atoms with van der Waals surface area (Å²) in [6, 6.07) is 9.50. The van der Waals surface area contributed by atoms with Crippen molar-refractivity contribution in [1.82, 2.24) is 25.1 Å². The first-order chi connectivity index (χ1) is 12.8. The highest BCUT2D eigenvalue weighted by Crippen LogP contribution is 2.33. The molecule has 1 aromatic carbocycles. The van der Waals surface area contributed by atoms with Crippen LogP contribution in [0, 0.1) is 0 Å². The van der Waals surface area contributed by atoms with Gasteiger partial charge in [0.25, 0.3) is 0 Å². The van der Waals surface area contributed by atoms with E-state index >= 15 is 0 Å². The number of H-pyrrole nitrogens is 1. The maximum absolute atomic E-state index is 5.50. The van der Waals surface area contributed by atoms with Crippen molar-refractivity contribution in [3.8, 4) is 17.0 Å². The third-order valence-electron chi connectivity index (χ3n) is 3.97. The zero-order chi connectivity index (χ0) is 17.9. The van der Waals surface area contributed by atoms with E-state index in [9.17, 15) is 0 Å². The average Bonchev–Trinajstić information content (AvgIpc) is 3.16. The van der Waals surface area contributed by atoms with Gasteiger partial charge in [0.2, 0.25) is 5.95 Å². The standard InChI is InChI=1S/C18H17N7O/c1-19-17-5-6-20-18(24-17)23-12-3-4-16(26-2)13(7-12)15-8-14-11(9-21-15)10-22-25-14/h3-10H,1-2H3,(H,22,25)(H2,19,20,23,24). The first-order valence-electron chi connectivity index (χ1n) is 8.02. The van der Waals surface area contributed by atoms with E-state index in [-0.39, 0.29) is 0 Å². The highest BCUT2D eigenvalue weighted by atomic mass is 16.5. The minimum atomic E-state index is 0.505. The number of nitrogens with one attached hydrogen (secondary N) is 3. The number of hydrogen-bond donors (Lipinski definition) is 3. The van der Waals surface area contributed by atoms with Gasteiger partial charge in [-0.25, -0.2) is 4.98 Å². The summed E-state index contributed by atoms with van der Waals surface area (Å²) < 4.78 is 5.50. The lowest BCUT2D eigenvalue weighted by Crippen LogP contribution is -2.00. The number of fused-ring (bicyclic) bond motifs is 1. The Balaban J connectivity index is 1.72. The molecule has 0 aliphatic rings. The number of methoxy groups -OCH3 is 1. The monoisotopic (exact) mass is 347 g/mol. The second-order valence-corrected chi connectivity index (χ2v) is 5.58. The van der Waals surface area contributed by atoms with Crippen LogP contribution >= 0.6 is 0 Å². The molecule has 4 aromatic rings. The minimum Gasteiger partial charge on any atom is -0.496 e. The molecule has 3 aromatic heterocycles. The zero-order valence-corrected chi connectivity index (χ0v) is 14.3. The van der Waals surface area contributed by atoms with Crippen LogP contribution in [0.1, 0.15) is 0 Å². The van der Waals surface area contributed by atoms with Crippen molar-refractivity contribution in [1.29, 1.82) is 0 Å². The van der Waals surface area contributed by atoms with Gasteiger partial charge in [-0.1, -0.05) is 0 Å². The molecule has 26 heavy (non-hydrogen) atoms. The third-order valence-corrected chi connectivity index (χ3v) is 3.97. The summed E-state index contributed by atoms with van der Waals surface area (Å²) in [6.45, 7) is 0. The Morgan fingerprint density at radius 2 is 2.00 bits per heavy atom. The van der Waals surface area contributed by atoms with E-state index in [0.29, 0.717) is 5.95 Å². The second kappa shape index (κ2) is 6.67. The number of anilines is 3. The fraction of sp³-hybridized carbons (Fsp3) is 0.111.